The van der Waals surface area contributed by atoms with Gasteiger partial charge in [0.2, 0.25) is 0 Å². The monoisotopic (exact) mass is 648 g/mol. The molecule has 4 aromatic rings. The van der Waals surface area contributed by atoms with Gasteiger partial charge in [-0.1, -0.05) is 23.2 Å². The molecule has 4 aromatic heterocycles. The number of carbonyl (C=O) groups excluding carboxylic acids is 1. The highest BCUT2D eigenvalue weighted by molar-refractivity contribution is 6.34. The van der Waals surface area contributed by atoms with Crippen LogP contribution >= 0.6 is 23.2 Å². The van der Waals surface area contributed by atoms with Gasteiger partial charge in [0.1, 0.15) is 70.9 Å². The minimum absolute atomic E-state index is 0.133. The fourth-order valence-corrected chi connectivity index (χ4v) is 6.64. The molecular formula is C28H30Cl2N6O8. The van der Waals surface area contributed by atoms with E-state index in [1.165, 1.54) is 12.7 Å². The van der Waals surface area contributed by atoms with Crippen molar-refractivity contribution < 1.29 is 38.3 Å². The number of rotatable bonds is 4. The molecule has 0 aliphatic carbocycles. The van der Waals surface area contributed by atoms with Crippen LogP contribution in [-0.2, 0) is 33.2 Å². The van der Waals surface area contributed by atoms with Gasteiger partial charge >= 0.3 is 0 Å². The van der Waals surface area contributed by atoms with E-state index in [9.17, 15) is 9.90 Å². The first-order valence-electron chi connectivity index (χ1n) is 14.0. The molecular weight excluding hydrogens is 619 g/mol. The predicted molar refractivity (Wildman–Crippen MR) is 154 cm³/mol. The zero-order chi connectivity index (χ0) is 31.0. The van der Waals surface area contributed by atoms with Gasteiger partial charge in [-0.25, -0.2) is 19.9 Å². The third kappa shape index (κ3) is 4.98. The van der Waals surface area contributed by atoms with Crippen molar-refractivity contribution in [1.29, 1.82) is 0 Å². The molecule has 0 amide bonds. The first-order chi connectivity index (χ1) is 21.0. The third-order valence-corrected chi connectivity index (χ3v) is 8.58. The molecule has 4 aliphatic rings. The molecule has 4 fully saturated rings. The summed E-state index contributed by atoms with van der Waals surface area (Å²) < 4.78 is 38.9. The van der Waals surface area contributed by atoms with Crippen molar-refractivity contribution in [1.82, 2.24) is 29.1 Å². The highest BCUT2D eigenvalue weighted by Crippen LogP contribution is 2.45. The van der Waals surface area contributed by atoms with E-state index >= 15 is 0 Å². The Labute approximate surface area is 261 Å². The second-order valence-electron chi connectivity index (χ2n) is 11.8. The molecule has 0 aromatic carbocycles. The predicted octanol–water partition coefficient (Wildman–Crippen LogP) is 3.20. The molecule has 8 heterocycles. The number of ether oxygens (including phenoxy) is 6. The van der Waals surface area contributed by atoms with E-state index < -0.39 is 48.4 Å². The van der Waals surface area contributed by atoms with E-state index in [0.717, 1.165) is 17.1 Å². The van der Waals surface area contributed by atoms with Crippen LogP contribution in [0, 0.1) is 0 Å². The number of fused-ring (bicyclic) bond motifs is 4. The molecule has 44 heavy (non-hydrogen) atoms. The van der Waals surface area contributed by atoms with E-state index in [0.29, 0.717) is 21.6 Å². The summed E-state index contributed by atoms with van der Waals surface area (Å²) in [6.45, 7) is 7.20. The van der Waals surface area contributed by atoms with E-state index in [1.807, 2.05) is 50.6 Å². The van der Waals surface area contributed by atoms with Crippen LogP contribution in [0.25, 0.3) is 22.1 Å². The van der Waals surface area contributed by atoms with Gasteiger partial charge in [0.05, 0.1) is 17.4 Å². The van der Waals surface area contributed by atoms with Crippen molar-refractivity contribution in [3.63, 3.8) is 0 Å². The van der Waals surface area contributed by atoms with Gasteiger partial charge < -0.3 is 47.5 Å². The molecule has 0 radical (unpaired) electrons. The van der Waals surface area contributed by atoms with Gasteiger partial charge in [-0.2, -0.15) is 0 Å². The second-order valence-corrected chi connectivity index (χ2v) is 12.5. The smallest absolute Gasteiger partial charge is 0.165 e. The van der Waals surface area contributed by atoms with Crippen molar-refractivity contribution in [3.05, 3.63) is 47.5 Å². The zero-order valence-corrected chi connectivity index (χ0v) is 25.6. The summed E-state index contributed by atoms with van der Waals surface area (Å²) >= 11 is 12.2. The standard InChI is InChI=1S/C14H16ClN3O4.C14H14ClN3O4/c2*1-14(2)21-9-8(5-19)20-13(10(9)22-14)18-4-3-7-11(15)16-6-17-12(7)18/h3-4,6,8-10,13,19H,5H2,1-2H3;3-6,8-10,13H,1-2H3/t2*8-,9-,10-,13-/m11/s1. The van der Waals surface area contributed by atoms with Crippen molar-refractivity contribution >= 4 is 51.6 Å². The minimum atomic E-state index is -0.756. The normalized spacial score (nSPS) is 33.3. The van der Waals surface area contributed by atoms with E-state index in [-0.39, 0.29) is 18.8 Å². The van der Waals surface area contributed by atoms with Crippen molar-refractivity contribution in [3.8, 4) is 0 Å². The van der Waals surface area contributed by atoms with Crippen molar-refractivity contribution in [2.75, 3.05) is 6.61 Å². The summed E-state index contributed by atoms with van der Waals surface area (Å²) in [6, 6.07) is 3.65. The van der Waals surface area contributed by atoms with Crippen LogP contribution in [0.1, 0.15) is 40.2 Å². The Balaban J connectivity index is 0.000000142. The maximum Gasteiger partial charge on any atom is 0.165 e. The Morgan fingerprint density at radius 2 is 1.25 bits per heavy atom. The number of aromatic nitrogens is 6. The van der Waals surface area contributed by atoms with E-state index in [1.54, 1.807) is 10.8 Å². The van der Waals surface area contributed by atoms with Gasteiger partial charge in [-0.05, 0) is 39.8 Å². The first kappa shape index (κ1) is 29.9. The average Bonchev–Trinajstić information content (AvgIpc) is 3.80. The van der Waals surface area contributed by atoms with Gasteiger partial charge in [-0.15, -0.1) is 0 Å². The fourth-order valence-electron chi connectivity index (χ4n) is 6.26. The lowest BCUT2D eigenvalue weighted by atomic mass is 10.1. The zero-order valence-electron chi connectivity index (χ0n) is 24.1. The molecule has 0 saturated carbocycles. The Morgan fingerprint density at radius 3 is 1.77 bits per heavy atom. The summed E-state index contributed by atoms with van der Waals surface area (Å²) in [6.07, 6.45) is 3.65. The van der Waals surface area contributed by atoms with Crippen LogP contribution in [-0.4, -0.2) is 95.3 Å². The largest absolute Gasteiger partial charge is 0.394 e. The third-order valence-electron chi connectivity index (χ3n) is 7.97. The van der Waals surface area contributed by atoms with Crippen molar-refractivity contribution in [2.24, 2.45) is 0 Å². The number of nitrogens with zero attached hydrogens (tertiary/aromatic N) is 6. The fraction of sp³-hybridized carbons (Fsp3) is 0.536. The first-order valence-corrected chi connectivity index (χ1v) is 14.8. The molecule has 1 N–H and O–H groups in total. The Kier molecular flexibility index (Phi) is 7.43. The summed E-state index contributed by atoms with van der Waals surface area (Å²) in [7, 11) is 0. The maximum atomic E-state index is 11.3. The van der Waals surface area contributed by atoms with Gasteiger partial charge in [0.15, 0.2) is 30.3 Å². The van der Waals surface area contributed by atoms with E-state index in [4.69, 9.17) is 51.6 Å². The molecule has 4 aliphatic heterocycles. The second kappa shape index (κ2) is 10.9. The molecule has 0 bridgehead atoms. The summed E-state index contributed by atoms with van der Waals surface area (Å²) in [4.78, 5) is 27.7. The van der Waals surface area contributed by atoms with Gasteiger partial charge in [0.25, 0.3) is 0 Å². The highest BCUT2D eigenvalue weighted by Gasteiger charge is 2.57. The molecule has 0 unspecified atom stereocenters. The lowest BCUT2D eigenvalue weighted by molar-refractivity contribution is -0.199. The van der Waals surface area contributed by atoms with E-state index in [2.05, 4.69) is 19.9 Å². The molecule has 4 saturated heterocycles. The number of hydrogen-bond acceptors (Lipinski definition) is 12. The average molecular weight is 649 g/mol. The molecule has 234 valence electrons. The molecule has 16 heteroatoms. The quantitative estimate of drug-likeness (QED) is 0.255. The summed E-state index contributed by atoms with van der Waals surface area (Å²) in [5.74, 6) is -1.46. The Hall–Kier alpha value is -2.79. The molecule has 8 atom stereocenters. The summed E-state index contributed by atoms with van der Waals surface area (Å²) in [5.41, 5.74) is 1.29. The topological polar surface area (TPSA) is 154 Å². The number of aliphatic hydroxyl groups is 1. The van der Waals surface area contributed by atoms with Crippen LogP contribution in [0.15, 0.2) is 37.2 Å². The number of carbonyl (C=O) groups is 1. The number of halogens is 2. The molecule has 0 spiro atoms. The SMILES string of the molecule is CC1(C)O[C@@H]2[C@H](O1)[C@@H](C=O)O[C@H]2n1ccc2c(Cl)ncnc21.CC1(C)O[C@@H]2[C@H](O1)[C@@H](CO)O[C@H]2n1ccc2c(Cl)ncnc21. The van der Waals surface area contributed by atoms with Crippen molar-refractivity contribution in [2.45, 2.75) is 88.3 Å². The lowest BCUT2D eigenvalue weighted by Crippen LogP contribution is -2.31. The number of hydrogen-bond donors (Lipinski definition) is 1. The minimum Gasteiger partial charge on any atom is -0.394 e. The molecule has 14 nitrogen and oxygen atoms in total. The van der Waals surface area contributed by atoms with Crippen LogP contribution in [0.4, 0.5) is 0 Å². The van der Waals surface area contributed by atoms with Crippen LogP contribution in [0.2, 0.25) is 10.3 Å². The number of aldehydes is 1. The number of aliphatic hydroxyl groups excluding tert-OH is 1. The van der Waals surface area contributed by atoms with Crippen LogP contribution in [0.3, 0.4) is 0 Å². The van der Waals surface area contributed by atoms with Gasteiger partial charge in [-0.3, -0.25) is 0 Å². The highest BCUT2D eigenvalue weighted by atomic mass is 35.5. The lowest BCUT2D eigenvalue weighted by Gasteiger charge is -2.24. The van der Waals surface area contributed by atoms with Gasteiger partial charge in [0, 0.05) is 12.4 Å². The maximum absolute atomic E-state index is 11.3. The van der Waals surface area contributed by atoms with Crippen LogP contribution < -0.4 is 0 Å². The van der Waals surface area contributed by atoms with Crippen LogP contribution in [0.5, 0.6) is 0 Å². The Bertz CT molecular complexity index is 1710. The molecule has 8 rings (SSSR count). The summed E-state index contributed by atoms with van der Waals surface area (Å²) in [5, 5.41) is 11.8. The Morgan fingerprint density at radius 1 is 0.773 bits per heavy atom.